The first-order valence-electron chi connectivity index (χ1n) is 5.80. The van der Waals surface area contributed by atoms with Crippen LogP contribution in [0.5, 0.6) is 0 Å². The zero-order valence-electron chi connectivity index (χ0n) is 10.1. The molecule has 1 amide bonds. The highest BCUT2D eigenvalue weighted by molar-refractivity contribution is 8.00. The average molecular weight is 265 g/mol. The summed E-state index contributed by atoms with van der Waals surface area (Å²) in [6, 6.07) is 7.52. The fourth-order valence-corrected chi connectivity index (χ4v) is 2.36. The minimum absolute atomic E-state index is 0.135. The second kappa shape index (κ2) is 5.91. The minimum atomic E-state index is -0.462. The summed E-state index contributed by atoms with van der Waals surface area (Å²) in [6.45, 7) is 2.42. The molecule has 1 atom stereocenters. The summed E-state index contributed by atoms with van der Waals surface area (Å²) < 4.78 is 4.78. The highest BCUT2D eigenvalue weighted by Crippen LogP contribution is 2.18. The number of esters is 1. The lowest BCUT2D eigenvalue weighted by Crippen LogP contribution is -2.38. The number of ether oxygens (including phenoxy) is 1. The Morgan fingerprint density at radius 2 is 2.17 bits per heavy atom. The van der Waals surface area contributed by atoms with Crippen molar-refractivity contribution in [2.75, 3.05) is 12.4 Å². The molecule has 1 N–H and O–H groups in total. The number of cyclic esters (lactones) is 1. The monoisotopic (exact) mass is 265 g/mol. The molecule has 0 unspecified atom stereocenters. The van der Waals surface area contributed by atoms with Gasteiger partial charge in [0.1, 0.15) is 6.04 Å². The zero-order valence-corrected chi connectivity index (χ0v) is 11.0. The standard InChI is InChI=1S/C13H15NO3S/c1-9-2-4-10(5-3-9)18-8-12(15)14-11-6-7-17-13(11)16/h2-5,11H,6-8H2,1H3,(H,14,15)/t11-/m0/s1. The molecule has 1 heterocycles. The molecule has 96 valence electrons. The fourth-order valence-electron chi connectivity index (χ4n) is 1.65. The number of carbonyl (C=O) groups excluding carboxylic acids is 2. The Morgan fingerprint density at radius 1 is 1.44 bits per heavy atom. The fraction of sp³-hybridized carbons (Fsp3) is 0.385. The highest BCUT2D eigenvalue weighted by Gasteiger charge is 2.27. The van der Waals surface area contributed by atoms with Gasteiger partial charge in [0.25, 0.3) is 0 Å². The lowest BCUT2D eigenvalue weighted by atomic mass is 10.2. The SMILES string of the molecule is Cc1ccc(SCC(=O)N[C@H]2CCOC2=O)cc1. The Balaban J connectivity index is 1.78. The zero-order chi connectivity index (χ0) is 13.0. The van der Waals surface area contributed by atoms with Crippen LogP contribution in [0.4, 0.5) is 0 Å². The number of rotatable bonds is 4. The highest BCUT2D eigenvalue weighted by atomic mass is 32.2. The largest absolute Gasteiger partial charge is 0.464 e. The topological polar surface area (TPSA) is 55.4 Å². The normalized spacial score (nSPS) is 18.5. The van der Waals surface area contributed by atoms with E-state index in [0.29, 0.717) is 18.8 Å². The van der Waals surface area contributed by atoms with Gasteiger partial charge in [0.2, 0.25) is 5.91 Å². The molecule has 0 bridgehead atoms. The number of aryl methyl sites for hydroxylation is 1. The molecule has 18 heavy (non-hydrogen) atoms. The third kappa shape index (κ3) is 3.50. The van der Waals surface area contributed by atoms with Crippen LogP contribution in [0.15, 0.2) is 29.2 Å². The van der Waals surface area contributed by atoms with Crippen LogP contribution < -0.4 is 5.32 Å². The maximum Gasteiger partial charge on any atom is 0.328 e. The second-order valence-electron chi connectivity index (χ2n) is 4.18. The van der Waals surface area contributed by atoms with Gasteiger partial charge in [-0.1, -0.05) is 17.7 Å². The van der Waals surface area contributed by atoms with E-state index in [1.165, 1.54) is 17.3 Å². The van der Waals surface area contributed by atoms with Crippen molar-refractivity contribution in [1.29, 1.82) is 0 Å². The van der Waals surface area contributed by atoms with Crippen molar-refractivity contribution in [3.63, 3.8) is 0 Å². The number of hydrogen-bond donors (Lipinski definition) is 1. The van der Waals surface area contributed by atoms with E-state index in [0.717, 1.165) is 4.90 Å². The third-order valence-corrected chi connectivity index (χ3v) is 3.67. The molecule has 0 aromatic heterocycles. The number of amides is 1. The number of carbonyl (C=O) groups is 2. The quantitative estimate of drug-likeness (QED) is 0.662. The van der Waals surface area contributed by atoms with Crippen LogP contribution in [-0.4, -0.2) is 30.3 Å². The first-order chi connectivity index (χ1) is 8.65. The molecule has 5 heteroatoms. The van der Waals surface area contributed by atoms with Gasteiger partial charge in [0.15, 0.2) is 0 Å². The van der Waals surface area contributed by atoms with Crippen molar-refractivity contribution in [1.82, 2.24) is 5.32 Å². The van der Waals surface area contributed by atoms with Gasteiger partial charge in [0, 0.05) is 11.3 Å². The summed E-state index contributed by atoms with van der Waals surface area (Å²) in [6.07, 6.45) is 0.569. The summed E-state index contributed by atoms with van der Waals surface area (Å²) in [5.41, 5.74) is 1.19. The van der Waals surface area contributed by atoms with Crippen LogP contribution in [0, 0.1) is 6.92 Å². The Bertz CT molecular complexity index is 444. The molecule has 1 aromatic rings. The maximum absolute atomic E-state index is 11.6. The van der Waals surface area contributed by atoms with Gasteiger partial charge in [-0.15, -0.1) is 11.8 Å². The number of hydrogen-bond acceptors (Lipinski definition) is 4. The van der Waals surface area contributed by atoms with Gasteiger partial charge < -0.3 is 10.1 Å². The van der Waals surface area contributed by atoms with Crippen molar-refractivity contribution in [3.8, 4) is 0 Å². The van der Waals surface area contributed by atoms with E-state index in [4.69, 9.17) is 4.74 Å². The molecular formula is C13H15NO3S. The molecule has 1 aliphatic heterocycles. The lowest BCUT2D eigenvalue weighted by molar-refractivity contribution is -0.141. The van der Waals surface area contributed by atoms with Gasteiger partial charge in [-0.25, -0.2) is 4.79 Å². The van der Waals surface area contributed by atoms with Crippen LogP contribution in [0.25, 0.3) is 0 Å². The van der Waals surface area contributed by atoms with Crippen LogP contribution in [0.1, 0.15) is 12.0 Å². The Hall–Kier alpha value is -1.49. The molecule has 0 radical (unpaired) electrons. The molecule has 0 saturated carbocycles. The van der Waals surface area contributed by atoms with Crippen LogP contribution >= 0.6 is 11.8 Å². The molecule has 1 saturated heterocycles. The molecule has 4 nitrogen and oxygen atoms in total. The number of benzene rings is 1. The van der Waals surface area contributed by atoms with Crippen LogP contribution in [-0.2, 0) is 14.3 Å². The van der Waals surface area contributed by atoms with Gasteiger partial charge in [-0.2, -0.15) is 0 Å². The van der Waals surface area contributed by atoms with Crippen LogP contribution in [0.2, 0.25) is 0 Å². The molecule has 0 spiro atoms. The van der Waals surface area contributed by atoms with Gasteiger partial charge >= 0.3 is 5.97 Å². The second-order valence-corrected chi connectivity index (χ2v) is 5.23. The average Bonchev–Trinajstić information content (AvgIpc) is 2.74. The molecule has 1 fully saturated rings. The van der Waals surface area contributed by atoms with E-state index in [1.807, 2.05) is 31.2 Å². The molecule has 1 aliphatic rings. The first-order valence-corrected chi connectivity index (χ1v) is 6.79. The molecule has 0 aliphatic carbocycles. The van der Waals surface area contributed by atoms with Crippen molar-refractivity contribution >= 4 is 23.6 Å². The predicted octanol–water partition coefficient (Wildman–Crippen LogP) is 1.52. The van der Waals surface area contributed by atoms with E-state index in [9.17, 15) is 9.59 Å². The van der Waals surface area contributed by atoms with E-state index in [-0.39, 0.29) is 11.9 Å². The molecule has 2 rings (SSSR count). The van der Waals surface area contributed by atoms with Crippen molar-refractivity contribution in [2.24, 2.45) is 0 Å². The van der Waals surface area contributed by atoms with Gasteiger partial charge in [0.05, 0.1) is 12.4 Å². The van der Waals surface area contributed by atoms with E-state index >= 15 is 0 Å². The van der Waals surface area contributed by atoms with Crippen LogP contribution in [0.3, 0.4) is 0 Å². The Kier molecular flexibility index (Phi) is 4.25. The summed E-state index contributed by atoms with van der Waals surface area (Å²) in [7, 11) is 0. The molecule has 1 aromatic carbocycles. The van der Waals surface area contributed by atoms with Gasteiger partial charge in [-0.05, 0) is 19.1 Å². The summed E-state index contributed by atoms with van der Waals surface area (Å²) in [4.78, 5) is 23.9. The van der Waals surface area contributed by atoms with E-state index in [1.54, 1.807) is 0 Å². The lowest BCUT2D eigenvalue weighted by Gasteiger charge is -2.08. The van der Waals surface area contributed by atoms with Crippen molar-refractivity contribution in [2.45, 2.75) is 24.3 Å². The minimum Gasteiger partial charge on any atom is -0.464 e. The maximum atomic E-state index is 11.6. The number of nitrogens with one attached hydrogen (secondary N) is 1. The summed E-state index contributed by atoms with van der Waals surface area (Å²) in [5, 5.41) is 2.68. The Labute approximate surface area is 110 Å². The first kappa shape index (κ1) is 13.0. The predicted molar refractivity (Wildman–Crippen MR) is 69.4 cm³/mol. The van der Waals surface area contributed by atoms with Crippen molar-refractivity contribution in [3.05, 3.63) is 29.8 Å². The number of thioether (sulfide) groups is 1. The van der Waals surface area contributed by atoms with E-state index < -0.39 is 6.04 Å². The summed E-state index contributed by atoms with van der Waals surface area (Å²) >= 11 is 1.46. The third-order valence-electron chi connectivity index (χ3n) is 2.66. The van der Waals surface area contributed by atoms with E-state index in [2.05, 4.69) is 5.32 Å². The smallest absolute Gasteiger partial charge is 0.328 e. The van der Waals surface area contributed by atoms with Gasteiger partial charge in [-0.3, -0.25) is 4.79 Å². The summed E-state index contributed by atoms with van der Waals surface area (Å²) in [5.74, 6) is -0.152. The van der Waals surface area contributed by atoms with Crippen molar-refractivity contribution < 1.29 is 14.3 Å². The molecular weight excluding hydrogens is 250 g/mol. The Morgan fingerprint density at radius 3 is 2.78 bits per heavy atom.